The third-order valence-electron chi connectivity index (χ3n) is 2.81. The molecule has 0 bridgehead atoms. The van der Waals surface area contributed by atoms with Crippen LogP contribution in [0.3, 0.4) is 0 Å². The molecule has 98 valence electrons. The van der Waals surface area contributed by atoms with Crippen molar-refractivity contribution in [2.45, 2.75) is 6.61 Å². The monoisotopic (exact) mass is 283 g/mol. The number of hydrogen-bond acceptors (Lipinski definition) is 3. The van der Waals surface area contributed by atoms with Crippen LogP contribution in [-0.4, -0.2) is 9.38 Å². The van der Waals surface area contributed by atoms with Gasteiger partial charge in [-0.15, -0.1) is 0 Å². The summed E-state index contributed by atoms with van der Waals surface area (Å²) in [7, 11) is 0. The molecule has 5 heteroatoms. The van der Waals surface area contributed by atoms with Crippen LogP contribution < -0.4 is 4.74 Å². The zero-order valence-corrected chi connectivity index (χ0v) is 11.2. The first-order valence-corrected chi connectivity index (χ1v) is 6.38. The van der Waals surface area contributed by atoms with Crippen molar-refractivity contribution in [3.05, 3.63) is 65.1 Å². The van der Waals surface area contributed by atoms with Crippen molar-refractivity contribution in [1.29, 1.82) is 5.26 Å². The Morgan fingerprint density at radius 3 is 3.00 bits per heavy atom. The largest absolute Gasteiger partial charge is 0.487 e. The number of nitriles is 1. The molecular formula is C15H10ClN3O. The molecule has 3 aromatic rings. The lowest BCUT2D eigenvalue weighted by Crippen LogP contribution is -1.95. The molecule has 0 unspecified atom stereocenters. The summed E-state index contributed by atoms with van der Waals surface area (Å²) < 4.78 is 7.49. The van der Waals surface area contributed by atoms with E-state index in [1.54, 1.807) is 30.5 Å². The molecule has 0 aliphatic rings. The van der Waals surface area contributed by atoms with Crippen molar-refractivity contribution in [2.24, 2.45) is 0 Å². The predicted octanol–water partition coefficient (Wildman–Crippen LogP) is 3.44. The Morgan fingerprint density at radius 1 is 1.25 bits per heavy atom. The smallest absolute Gasteiger partial charge is 0.137 e. The first-order chi connectivity index (χ1) is 9.74. The fourth-order valence-corrected chi connectivity index (χ4v) is 2.07. The minimum atomic E-state index is 0.341. The zero-order chi connectivity index (χ0) is 13.9. The highest BCUT2D eigenvalue weighted by molar-refractivity contribution is 6.30. The molecule has 2 heterocycles. The molecule has 0 aliphatic carbocycles. The van der Waals surface area contributed by atoms with Crippen molar-refractivity contribution in [1.82, 2.24) is 9.38 Å². The number of nitrogens with zero attached hydrogens (tertiary/aromatic N) is 3. The third-order valence-corrected chi connectivity index (χ3v) is 3.04. The maximum atomic E-state index is 8.83. The van der Waals surface area contributed by atoms with Crippen LogP contribution >= 0.6 is 11.6 Å². The number of benzene rings is 1. The standard InChI is InChI=1S/C15H10ClN3O/c16-12-4-5-15-18-13(9-19(15)8-12)10-20-14-3-1-2-11(6-14)7-17/h1-6,8-9H,10H2. The van der Waals surface area contributed by atoms with Crippen LogP contribution in [0.15, 0.2) is 48.8 Å². The lowest BCUT2D eigenvalue weighted by molar-refractivity contribution is 0.302. The Labute approximate surface area is 120 Å². The topological polar surface area (TPSA) is 50.3 Å². The molecule has 0 atom stereocenters. The van der Waals surface area contributed by atoms with Crippen molar-refractivity contribution >= 4 is 17.2 Å². The number of pyridine rings is 1. The maximum Gasteiger partial charge on any atom is 0.137 e. The van der Waals surface area contributed by atoms with E-state index in [0.29, 0.717) is 22.9 Å². The lowest BCUT2D eigenvalue weighted by atomic mass is 10.2. The SMILES string of the molecule is N#Cc1cccc(OCc2cn3cc(Cl)ccc3n2)c1. The van der Waals surface area contributed by atoms with Crippen LogP contribution in [0.2, 0.25) is 5.02 Å². The number of halogens is 1. The fraction of sp³-hybridized carbons (Fsp3) is 0.0667. The highest BCUT2D eigenvalue weighted by Crippen LogP contribution is 2.16. The molecule has 0 fully saturated rings. The number of hydrogen-bond donors (Lipinski definition) is 0. The second-order valence-electron chi connectivity index (χ2n) is 4.27. The third kappa shape index (κ3) is 2.58. The Kier molecular flexibility index (Phi) is 3.28. The van der Waals surface area contributed by atoms with Gasteiger partial charge in [0.05, 0.1) is 22.3 Å². The molecule has 0 radical (unpaired) electrons. The van der Waals surface area contributed by atoms with E-state index < -0.39 is 0 Å². The average Bonchev–Trinajstić information content (AvgIpc) is 2.87. The number of aromatic nitrogens is 2. The van der Waals surface area contributed by atoms with Crippen LogP contribution in [0.5, 0.6) is 5.75 Å². The van der Waals surface area contributed by atoms with Crippen LogP contribution in [0.1, 0.15) is 11.3 Å². The van der Waals surface area contributed by atoms with Gasteiger partial charge >= 0.3 is 0 Å². The van der Waals surface area contributed by atoms with E-state index in [1.165, 1.54) is 0 Å². The summed E-state index contributed by atoms with van der Waals surface area (Å²) in [6, 6.07) is 12.8. The lowest BCUT2D eigenvalue weighted by Gasteiger charge is -2.03. The van der Waals surface area contributed by atoms with E-state index in [9.17, 15) is 0 Å². The van der Waals surface area contributed by atoms with Crippen LogP contribution in [0, 0.1) is 11.3 Å². The highest BCUT2D eigenvalue weighted by atomic mass is 35.5. The van der Waals surface area contributed by atoms with Gasteiger partial charge in [-0.1, -0.05) is 17.7 Å². The quantitative estimate of drug-likeness (QED) is 0.740. The summed E-state index contributed by atoms with van der Waals surface area (Å²) in [6.07, 6.45) is 3.67. The molecule has 0 spiro atoms. The molecule has 1 aromatic carbocycles. The van der Waals surface area contributed by atoms with E-state index in [1.807, 2.05) is 22.7 Å². The van der Waals surface area contributed by atoms with Gasteiger partial charge in [0.2, 0.25) is 0 Å². The number of ether oxygens (including phenoxy) is 1. The summed E-state index contributed by atoms with van der Waals surface area (Å²) in [5, 5.41) is 9.49. The molecule has 4 nitrogen and oxygen atoms in total. The molecule has 2 aromatic heterocycles. The van der Waals surface area contributed by atoms with Gasteiger partial charge in [0.1, 0.15) is 18.0 Å². The van der Waals surface area contributed by atoms with Gasteiger partial charge < -0.3 is 9.14 Å². The highest BCUT2D eigenvalue weighted by Gasteiger charge is 2.03. The van der Waals surface area contributed by atoms with Gasteiger partial charge in [0.15, 0.2) is 0 Å². The summed E-state index contributed by atoms with van der Waals surface area (Å²) >= 11 is 5.92. The van der Waals surface area contributed by atoms with Crippen molar-refractivity contribution in [3.8, 4) is 11.8 Å². The van der Waals surface area contributed by atoms with Crippen LogP contribution in [0.4, 0.5) is 0 Å². The van der Waals surface area contributed by atoms with E-state index in [0.717, 1.165) is 11.3 Å². The van der Waals surface area contributed by atoms with Gasteiger partial charge in [0, 0.05) is 12.4 Å². The number of rotatable bonds is 3. The van der Waals surface area contributed by atoms with Gasteiger partial charge in [-0.3, -0.25) is 0 Å². The van der Waals surface area contributed by atoms with Crippen molar-refractivity contribution < 1.29 is 4.74 Å². The van der Waals surface area contributed by atoms with E-state index in [-0.39, 0.29) is 0 Å². The number of fused-ring (bicyclic) bond motifs is 1. The van der Waals surface area contributed by atoms with Gasteiger partial charge in [-0.05, 0) is 30.3 Å². The Morgan fingerprint density at radius 2 is 2.15 bits per heavy atom. The molecule has 0 saturated carbocycles. The maximum absolute atomic E-state index is 8.83. The van der Waals surface area contributed by atoms with Crippen LogP contribution in [-0.2, 0) is 6.61 Å². The second-order valence-corrected chi connectivity index (χ2v) is 4.71. The number of imidazole rings is 1. The molecule has 0 aliphatic heterocycles. The summed E-state index contributed by atoms with van der Waals surface area (Å²) in [5.41, 5.74) is 2.19. The predicted molar refractivity (Wildman–Crippen MR) is 75.7 cm³/mol. The molecule has 0 amide bonds. The van der Waals surface area contributed by atoms with Gasteiger partial charge in [0.25, 0.3) is 0 Å². The summed E-state index contributed by atoms with van der Waals surface area (Å²) in [5.74, 6) is 0.652. The first-order valence-electron chi connectivity index (χ1n) is 6.01. The molecule has 3 rings (SSSR count). The van der Waals surface area contributed by atoms with Crippen molar-refractivity contribution in [3.63, 3.8) is 0 Å². The van der Waals surface area contributed by atoms with Crippen LogP contribution in [0.25, 0.3) is 5.65 Å². The Hall–Kier alpha value is -2.51. The first kappa shape index (κ1) is 12.5. The second kappa shape index (κ2) is 5.24. The Bertz CT molecular complexity index is 804. The van der Waals surface area contributed by atoms with Gasteiger partial charge in [-0.25, -0.2) is 4.98 Å². The average molecular weight is 284 g/mol. The molecule has 0 N–H and O–H groups in total. The fourth-order valence-electron chi connectivity index (χ4n) is 1.90. The van der Waals surface area contributed by atoms with E-state index in [4.69, 9.17) is 21.6 Å². The van der Waals surface area contributed by atoms with E-state index in [2.05, 4.69) is 11.1 Å². The Balaban J connectivity index is 1.78. The summed E-state index contributed by atoms with van der Waals surface area (Å²) in [4.78, 5) is 4.43. The minimum absolute atomic E-state index is 0.341. The molecule has 0 saturated heterocycles. The normalized spacial score (nSPS) is 10.4. The molecular weight excluding hydrogens is 274 g/mol. The zero-order valence-electron chi connectivity index (χ0n) is 10.5. The minimum Gasteiger partial charge on any atom is -0.487 e. The van der Waals surface area contributed by atoms with E-state index >= 15 is 0 Å². The van der Waals surface area contributed by atoms with Crippen molar-refractivity contribution in [2.75, 3.05) is 0 Å². The summed E-state index contributed by atoms with van der Waals surface area (Å²) in [6.45, 7) is 0.341. The van der Waals surface area contributed by atoms with Gasteiger partial charge in [-0.2, -0.15) is 5.26 Å². The molecule has 20 heavy (non-hydrogen) atoms.